The summed E-state index contributed by atoms with van der Waals surface area (Å²) in [6.07, 6.45) is 4.52. The van der Waals surface area contributed by atoms with Crippen LogP contribution in [0.4, 0.5) is 5.95 Å². The van der Waals surface area contributed by atoms with Crippen LogP contribution in [0.15, 0.2) is 48.6 Å². The smallest absolute Gasteiger partial charge is 0.276 e. The van der Waals surface area contributed by atoms with Crippen LogP contribution in [0.5, 0.6) is 11.5 Å². The molecule has 7 rings (SSSR count). The highest BCUT2D eigenvalue weighted by Gasteiger charge is 2.24. The van der Waals surface area contributed by atoms with Crippen molar-refractivity contribution < 1.29 is 33.4 Å². The molecule has 18 nitrogen and oxygen atoms in total. The Morgan fingerprint density at radius 3 is 2.10 bits per heavy atom. The van der Waals surface area contributed by atoms with Crippen molar-refractivity contribution in [1.29, 1.82) is 0 Å². The first kappa shape index (κ1) is 43.4. The van der Waals surface area contributed by atoms with Crippen molar-refractivity contribution in [3.63, 3.8) is 0 Å². The lowest BCUT2D eigenvalue weighted by molar-refractivity contribution is 0.0358. The Kier molecular flexibility index (Phi) is 13.3. The first-order valence-corrected chi connectivity index (χ1v) is 20.8. The van der Waals surface area contributed by atoms with E-state index >= 15 is 0 Å². The number of imidazole rings is 2. The van der Waals surface area contributed by atoms with Gasteiger partial charge in [-0.3, -0.25) is 38.8 Å². The van der Waals surface area contributed by atoms with Crippen molar-refractivity contribution in [1.82, 2.24) is 43.6 Å². The van der Waals surface area contributed by atoms with E-state index in [2.05, 4.69) is 20.4 Å². The number of anilines is 1. The van der Waals surface area contributed by atoms with E-state index in [1.54, 1.807) is 45.8 Å². The first-order chi connectivity index (χ1) is 29.9. The van der Waals surface area contributed by atoms with E-state index in [0.29, 0.717) is 94.9 Å². The van der Waals surface area contributed by atoms with Crippen LogP contribution < -0.4 is 20.5 Å². The number of rotatable bonds is 19. The van der Waals surface area contributed by atoms with Gasteiger partial charge in [-0.1, -0.05) is 12.2 Å². The Morgan fingerprint density at radius 2 is 1.44 bits per heavy atom. The number of carbonyl (C=O) groups excluding carboxylic acids is 4. The predicted octanol–water partition coefficient (Wildman–Crippen LogP) is 4.78. The molecule has 0 atom stereocenters. The molecule has 2 amide bonds. The number of fused-ring (bicyclic) bond motifs is 2. The van der Waals surface area contributed by atoms with Crippen LogP contribution in [-0.2, 0) is 37.3 Å². The third-order valence-corrected chi connectivity index (χ3v) is 10.8. The van der Waals surface area contributed by atoms with Crippen LogP contribution in [-0.4, -0.2) is 114 Å². The van der Waals surface area contributed by atoms with Gasteiger partial charge in [0.15, 0.2) is 11.6 Å². The Labute approximate surface area is 358 Å². The van der Waals surface area contributed by atoms with Gasteiger partial charge in [0, 0.05) is 56.9 Å². The molecule has 62 heavy (non-hydrogen) atoms. The Bertz CT molecular complexity index is 2680. The fraction of sp³-hybridized carbons (Fsp3) is 0.409. The highest BCUT2D eigenvalue weighted by atomic mass is 16.5. The van der Waals surface area contributed by atoms with Gasteiger partial charge in [0.05, 0.1) is 55.8 Å². The lowest BCUT2D eigenvalue weighted by atomic mass is 10.1. The van der Waals surface area contributed by atoms with Gasteiger partial charge in [-0.05, 0) is 77.4 Å². The molecule has 326 valence electrons. The van der Waals surface area contributed by atoms with E-state index in [9.17, 15) is 19.2 Å². The van der Waals surface area contributed by atoms with Gasteiger partial charge in [0.1, 0.15) is 39.7 Å². The normalized spacial score (nSPS) is 13.4. The minimum Gasteiger partial charge on any atom is -0.494 e. The predicted molar refractivity (Wildman–Crippen MR) is 232 cm³/mol. The number of ether oxygens (including phenoxy) is 3. The van der Waals surface area contributed by atoms with Crippen LogP contribution in [0.3, 0.4) is 0 Å². The number of aromatic nitrogens is 8. The van der Waals surface area contributed by atoms with Crippen molar-refractivity contribution in [2.45, 2.75) is 73.6 Å². The van der Waals surface area contributed by atoms with Crippen molar-refractivity contribution >= 4 is 51.4 Å². The standard InChI is InChI=1S/C44H53N11O7/c1-7-54-34(20-27(3)49-54)36(57)26-39-46-32-22-30(29(5)56)24-37(60-6)40(32)52(39)13-9-10-14-53-41-33(47-44(53)48-43(59)35-21-28(4)50-55(35)8-2)23-31(42(45)58)25-38(41)62-17-11-12-51-15-18-61-19-16-51/h9-10,20-25H,7-8,11-19,26H2,1-6H3,(H2,45,58)(H,47,48,59)/b10-9+. The van der Waals surface area contributed by atoms with Gasteiger partial charge in [0.2, 0.25) is 11.9 Å². The monoisotopic (exact) mass is 847 g/mol. The average Bonchev–Trinajstić information content (AvgIpc) is 4.03. The molecule has 1 aliphatic heterocycles. The minimum absolute atomic E-state index is 0.0310. The number of amides is 2. The quantitative estimate of drug-likeness (QED) is 0.0642. The van der Waals surface area contributed by atoms with Crippen molar-refractivity contribution in [3.8, 4) is 11.5 Å². The highest BCUT2D eigenvalue weighted by Crippen LogP contribution is 2.33. The summed E-state index contributed by atoms with van der Waals surface area (Å²) in [5, 5.41) is 11.9. The number of hydrogen-bond acceptors (Lipinski definition) is 12. The molecule has 6 aromatic rings. The second-order valence-corrected chi connectivity index (χ2v) is 15.1. The van der Waals surface area contributed by atoms with Crippen LogP contribution in [0.1, 0.15) is 86.1 Å². The van der Waals surface area contributed by atoms with Crippen LogP contribution in [0.2, 0.25) is 0 Å². The zero-order valence-corrected chi connectivity index (χ0v) is 36.1. The Hall–Kier alpha value is -6.66. The van der Waals surface area contributed by atoms with Gasteiger partial charge in [-0.15, -0.1) is 0 Å². The summed E-state index contributed by atoms with van der Waals surface area (Å²) in [7, 11) is 1.53. The number of methoxy groups -OCH3 is 1. The fourth-order valence-electron chi connectivity index (χ4n) is 7.76. The number of nitrogens with two attached hydrogens (primary N) is 1. The molecular weight excluding hydrogens is 795 g/mol. The highest BCUT2D eigenvalue weighted by molar-refractivity contribution is 6.04. The summed E-state index contributed by atoms with van der Waals surface area (Å²) >= 11 is 0. The summed E-state index contributed by atoms with van der Waals surface area (Å²) in [6, 6.07) is 10.1. The number of hydrogen-bond donors (Lipinski definition) is 2. The lowest BCUT2D eigenvalue weighted by Crippen LogP contribution is -2.37. The minimum atomic E-state index is -0.644. The number of nitrogens with one attached hydrogen (secondary N) is 1. The summed E-state index contributed by atoms with van der Waals surface area (Å²) in [5.74, 6) is 0.172. The van der Waals surface area contributed by atoms with Crippen LogP contribution >= 0.6 is 0 Å². The van der Waals surface area contributed by atoms with E-state index in [1.165, 1.54) is 14.0 Å². The van der Waals surface area contributed by atoms with Crippen molar-refractivity contribution in [2.75, 3.05) is 51.9 Å². The molecule has 1 aliphatic rings. The number of benzene rings is 2. The van der Waals surface area contributed by atoms with Crippen molar-refractivity contribution in [3.05, 3.63) is 88.3 Å². The lowest BCUT2D eigenvalue weighted by Gasteiger charge is -2.26. The SMILES string of the molecule is CCn1nc(C)cc1C(=O)Cc1nc2cc(C(C)=O)cc(OC)c2n1C/C=C/Cn1c(NC(=O)c2cc(C)nn2CC)nc2cc(C(N)=O)cc(OCCCN3CCOCC3)c21. The maximum Gasteiger partial charge on any atom is 0.276 e. The topological polar surface area (TPSA) is 209 Å². The molecule has 1 fully saturated rings. The molecule has 0 spiro atoms. The van der Waals surface area contributed by atoms with E-state index in [4.69, 9.17) is 29.9 Å². The number of ketones is 2. The van der Waals surface area contributed by atoms with Gasteiger partial charge in [-0.25, -0.2) is 9.97 Å². The fourth-order valence-corrected chi connectivity index (χ4v) is 7.76. The average molecular weight is 848 g/mol. The second kappa shape index (κ2) is 18.9. The van der Waals surface area contributed by atoms with E-state index in [1.807, 2.05) is 49.0 Å². The summed E-state index contributed by atoms with van der Waals surface area (Å²) < 4.78 is 24.7. The maximum atomic E-state index is 13.8. The molecule has 0 aliphatic carbocycles. The maximum absolute atomic E-state index is 13.8. The second-order valence-electron chi connectivity index (χ2n) is 15.1. The number of aryl methyl sites for hydroxylation is 4. The van der Waals surface area contributed by atoms with Crippen molar-refractivity contribution in [2.24, 2.45) is 5.73 Å². The van der Waals surface area contributed by atoms with Crippen LogP contribution in [0, 0.1) is 13.8 Å². The molecule has 18 heteroatoms. The van der Waals surface area contributed by atoms with E-state index in [0.717, 1.165) is 31.7 Å². The van der Waals surface area contributed by atoms with Gasteiger partial charge >= 0.3 is 0 Å². The molecular formula is C44H53N11O7. The number of primary amides is 1. The molecule has 3 N–H and O–H groups in total. The molecule has 0 bridgehead atoms. The first-order valence-electron chi connectivity index (χ1n) is 20.8. The number of carbonyl (C=O) groups is 4. The third-order valence-electron chi connectivity index (χ3n) is 10.8. The molecule has 2 aromatic carbocycles. The van der Waals surface area contributed by atoms with Gasteiger partial charge in [-0.2, -0.15) is 10.2 Å². The van der Waals surface area contributed by atoms with E-state index in [-0.39, 0.29) is 42.6 Å². The molecule has 0 unspecified atom stereocenters. The zero-order chi connectivity index (χ0) is 44.1. The molecule has 1 saturated heterocycles. The summed E-state index contributed by atoms with van der Waals surface area (Å²) in [4.78, 5) is 64.6. The number of allylic oxidation sites excluding steroid dienone is 2. The van der Waals surface area contributed by atoms with Gasteiger partial charge < -0.3 is 29.1 Å². The summed E-state index contributed by atoms with van der Waals surface area (Å²) in [5.41, 5.74) is 10.8. The molecule has 4 aromatic heterocycles. The zero-order valence-electron chi connectivity index (χ0n) is 36.1. The van der Waals surface area contributed by atoms with Gasteiger partial charge in [0.25, 0.3) is 5.91 Å². The molecule has 0 saturated carbocycles. The number of nitrogens with zero attached hydrogens (tertiary/aromatic N) is 9. The summed E-state index contributed by atoms with van der Waals surface area (Å²) in [6.45, 7) is 14.7. The van der Waals surface area contributed by atoms with Crippen LogP contribution in [0.25, 0.3) is 22.1 Å². The Balaban J connectivity index is 1.25. The number of morpholine rings is 1. The molecule has 5 heterocycles. The van der Waals surface area contributed by atoms with E-state index < -0.39 is 11.8 Å². The largest absolute Gasteiger partial charge is 0.494 e. The Morgan fingerprint density at radius 1 is 0.823 bits per heavy atom. The third kappa shape index (κ3) is 9.30. The number of Topliss-reactive ketones (excluding diaryl/α,β-unsaturated/α-hetero) is 2. The molecule has 0 radical (unpaired) electrons.